The number of hydrogen-bond acceptors (Lipinski definition) is 3. The number of rotatable bonds is 3. The smallest absolute Gasteiger partial charge is 0.304 e. The maximum absolute atomic E-state index is 13.8. The largest absolute Gasteiger partial charge is 0.338 e. The molecule has 0 unspecified atom stereocenters. The van der Waals surface area contributed by atoms with Gasteiger partial charge in [-0.3, -0.25) is 5.01 Å². The number of amides is 2. The molecule has 2 rings (SSSR count). The van der Waals surface area contributed by atoms with E-state index >= 15 is 0 Å². The van der Waals surface area contributed by atoms with Crippen LogP contribution in [0.15, 0.2) is 36.4 Å². The molecule has 10 heteroatoms. The molecule has 2 N–H and O–H groups in total. The number of thioether (sulfide) groups is 1. The van der Waals surface area contributed by atoms with Gasteiger partial charge in [-0.25, -0.2) is 14.6 Å². The zero-order chi connectivity index (χ0) is 19.3. The zero-order valence-corrected chi connectivity index (χ0v) is 17.3. The van der Waals surface area contributed by atoms with Crippen LogP contribution in [-0.4, -0.2) is 22.4 Å². The van der Waals surface area contributed by atoms with E-state index in [4.69, 9.17) is 47.0 Å². The summed E-state index contributed by atoms with van der Waals surface area (Å²) < 4.78 is 14.1. The molecule has 2 aromatic rings. The normalized spacial score (nSPS) is 10.3. The summed E-state index contributed by atoms with van der Waals surface area (Å²) in [6, 6.07) is 8.76. The van der Waals surface area contributed by atoms with Crippen molar-refractivity contribution in [2.75, 3.05) is 12.4 Å². The number of nitrogens with zero attached hydrogens (tertiary/aromatic N) is 1. The lowest BCUT2D eigenvalue weighted by molar-refractivity contribution is 0.237. The molecule has 0 fully saturated rings. The van der Waals surface area contributed by atoms with Gasteiger partial charge in [0.2, 0.25) is 0 Å². The van der Waals surface area contributed by atoms with Crippen LogP contribution in [-0.2, 0) is 5.75 Å². The molecule has 0 aliphatic heterocycles. The summed E-state index contributed by atoms with van der Waals surface area (Å²) in [5.74, 6) is -0.177. The highest BCUT2D eigenvalue weighted by atomic mass is 35.5. The van der Waals surface area contributed by atoms with Crippen molar-refractivity contribution < 1.29 is 9.18 Å². The van der Waals surface area contributed by atoms with Crippen molar-refractivity contribution in [2.24, 2.45) is 0 Å². The Balaban J connectivity index is 1.91. The molecular formula is C16H13Cl3FN3OS2. The predicted molar refractivity (Wildman–Crippen MR) is 112 cm³/mol. The van der Waals surface area contributed by atoms with Crippen molar-refractivity contribution in [3.05, 3.63) is 62.8 Å². The van der Waals surface area contributed by atoms with Gasteiger partial charge in [-0.2, -0.15) is 0 Å². The van der Waals surface area contributed by atoms with Gasteiger partial charge in [0, 0.05) is 23.4 Å². The molecule has 0 heterocycles. The fraction of sp³-hybridized carbons (Fsp3) is 0.125. The first kappa shape index (κ1) is 21.1. The third kappa shape index (κ3) is 5.62. The van der Waals surface area contributed by atoms with E-state index in [1.807, 2.05) is 0 Å². The average Bonchev–Trinajstić information content (AvgIpc) is 2.57. The Morgan fingerprint density at radius 1 is 1.15 bits per heavy atom. The van der Waals surface area contributed by atoms with E-state index in [0.29, 0.717) is 30.6 Å². The second-order valence-corrected chi connectivity index (χ2v) is 7.81. The van der Waals surface area contributed by atoms with Crippen LogP contribution in [0.25, 0.3) is 0 Å². The van der Waals surface area contributed by atoms with E-state index in [1.165, 1.54) is 17.1 Å². The van der Waals surface area contributed by atoms with Gasteiger partial charge >= 0.3 is 6.03 Å². The molecule has 0 saturated carbocycles. The van der Waals surface area contributed by atoms with E-state index in [2.05, 4.69) is 10.7 Å². The first-order chi connectivity index (χ1) is 12.3. The molecule has 0 bridgehead atoms. The second kappa shape index (κ2) is 9.62. The lowest BCUT2D eigenvalue weighted by atomic mass is 10.2. The van der Waals surface area contributed by atoms with Gasteiger partial charge in [-0.1, -0.05) is 70.9 Å². The van der Waals surface area contributed by atoms with Crippen LogP contribution in [0, 0.1) is 5.82 Å². The Labute approximate surface area is 174 Å². The molecule has 138 valence electrons. The van der Waals surface area contributed by atoms with Gasteiger partial charge < -0.3 is 5.32 Å². The van der Waals surface area contributed by atoms with Crippen LogP contribution in [0.5, 0.6) is 0 Å². The quantitative estimate of drug-likeness (QED) is 0.444. The molecule has 0 spiro atoms. The Hall–Kier alpha value is -1.25. The number of para-hydroxylation sites is 1. The molecule has 0 aliphatic rings. The van der Waals surface area contributed by atoms with Crippen molar-refractivity contribution in [3.63, 3.8) is 0 Å². The minimum Gasteiger partial charge on any atom is -0.304 e. The Kier molecular flexibility index (Phi) is 7.79. The SMILES string of the molecule is CN(NC(=O)Nc1c(Cl)cccc1Cl)C(=S)SCc1c(F)cccc1Cl. The van der Waals surface area contributed by atoms with Gasteiger partial charge in [0.1, 0.15) is 5.82 Å². The van der Waals surface area contributed by atoms with Crippen LogP contribution in [0.1, 0.15) is 5.56 Å². The summed E-state index contributed by atoms with van der Waals surface area (Å²) in [6.45, 7) is 0. The number of anilines is 1. The Morgan fingerprint density at radius 2 is 1.73 bits per heavy atom. The van der Waals surface area contributed by atoms with Crippen molar-refractivity contribution >= 4 is 74.8 Å². The van der Waals surface area contributed by atoms with Crippen molar-refractivity contribution in [3.8, 4) is 0 Å². The number of benzene rings is 2. The third-order valence-electron chi connectivity index (χ3n) is 3.15. The molecule has 0 aromatic heterocycles. The average molecular weight is 453 g/mol. The van der Waals surface area contributed by atoms with Gasteiger partial charge in [0.05, 0.1) is 15.7 Å². The highest BCUT2D eigenvalue weighted by molar-refractivity contribution is 8.22. The lowest BCUT2D eigenvalue weighted by Crippen LogP contribution is -2.43. The number of nitrogens with one attached hydrogen (secondary N) is 2. The van der Waals surface area contributed by atoms with Crippen molar-refractivity contribution in [1.29, 1.82) is 0 Å². The van der Waals surface area contributed by atoms with Crippen molar-refractivity contribution in [1.82, 2.24) is 10.4 Å². The van der Waals surface area contributed by atoms with Crippen LogP contribution in [0.2, 0.25) is 15.1 Å². The van der Waals surface area contributed by atoms with E-state index in [1.54, 1.807) is 31.3 Å². The summed E-state index contributed by atoms with van der Waals surface area (Å²) >= 11 is 24.4. The summed E-state index contributed by atoms with van der Waals surface area (Å²) in [6.07, 6.45) is 0. The van der Waals surface area contributed by atoms with Gasteiger partial charge in [-0.15, -0.1) is 0 Å². The van der Waals surface area contributed by atoms with Gasteiger partial charge in [0.15, 0.2) is 4.32 Å². The number of hydrogen-bond donors (Lipinski definition) is 2. The highest BCUT2D eigenvalue weighted by Gasteiger charge is 2.14. The minimum atomic E-state index is -0.575. The summed E-state index contributed by atoms with van der Waals surface area (Å²) in [4.78, 5) is 12.1. The number of thiocarbonyl (C=S) groups is 1. The molecule has 0 saturated heterocycles. The molecular weight excluding hydrogens is 440 g/mol. The van der Waals surface area contributed by atoms with Crippen molar-refractivity contribution in [2.45, 2.75) is 5.75 Å². The summed E-state index contributed by atoms with van der Waals surface area (Å²) in [5, 5.41) is 4.81. The molecule has 0 aliphatic carbocycles. The van der Waals surface area contributed by atoms with Crippen LogP contribution in [0.4, 0.5) is 14.9 Å². The number of urea groups is 1. The van der Waals surface area contributed by atoms with Crippen LogP contribution >= 0.6 is 58.8 Å². The number of carbonyl (C=O) groups is 1. The Morgan fingerprint density at radius 3 is 2.35 bits per heavy atom. The number of hydrazine groups is 1. The topological polar surface area (TPSA) is 44.4 Å². The molecule has 26 heavy (non-hydrogen) atoms. The van der Waals surface area contributed by atoms with Crippen LogP contribution < -0.4 is 10.7 Å². The maximum atomic E-state index is 13.8. The first-order valence-corrected chi connectivity index (χ1v) is 9.67. The molecule has 2 amide bonds. The van der Waals surface area contributed by atoms with E-state index in [0.717, 1.165) is 11.8 Å². The maximum Gasteiger partial charge on any atom is 0.338 e. The van der Waals surface area contributed by atoms with Gasteiger partial charge in [0.25, 0.3) is 0 Å². The molecule has 0 radical (unpaired) electrons. The lowest BCUT2D eigenvalue weighted by Gasteiger charge is -2.21. The molecule has 4 nitrogen and oxygen atoms in total. The second-order valence-electron chi connectivity index (χ2n) is 4.98. The zero-order valence-electron chi connectivity index (χ0n) is 13.4. The van der Waals surface area contributed by atoms with E-state index < -0.39 is 11.8 Å². The minimum absolute atomic E-state index is 0.230. The van der Waals surface area contributed by atoms with Crippen LogP contribution in [0.3, 0.4) is 0 Å². The standard InChI is InChI=1S/C16H13Cl3FN3OS2/c1-23(16(25)26-8-9-10(17)4-3-7-13(9)20)22-15(24)21-14-11(18)5-2-6-12(14)19/h2-7H,8H2,1H3,(H2,21,22,24). The van der Waals surface area contributed by atoms with E-state index in [-0.39, 0.29) is 5.75 Å². The van der Waals surface area contributed by atoms with E-state index in [9.17, 15) is 9.18 Å². The predicted octanol–water partition coefficient (Wildman–Crippen LogP) is 5.97. The monoisotopic (exact) mass is 451 g/mol. The highest BCUT2D eigenvalue weighted by Crippen LogP contribution is 2.29. The molecule has 0 atom stereocenters. The van der Waals surface area contributed by atoms with Gasteiger partial charge in [-0.05, 0) is 24.3 Å². The summed E-state index contributed by atoms with van der Waals surface area (Å²) in [7, 11) is 1.56. The fourth-order valence-corrected chi connectivity index (χ4v) is 3.68. The fourth-order valence-electron chi connectivity index (χ4n) is 1.86. The Bertz CT molecular complexity index is 798. The summed E-state index contributed by atoms with van der Waals surface area (Å²) in [5.41, 5.74) is 3.16. The molecule has 2 aromatic carbocycles. The first-order valence-electron chi connectivity index (χ1n) is 7.14. The third-order valence-corrected chi connectivity index (χ3v) is 5.71. The number of halogens is 4. The number of carbonyl (C=O) groups excluding carboxylic acids is 1.